The molecule has 1 saturated heterocycles. The molecule has 21 heavy (non-hydrogen) atoms. The molecule has 0 amide bonds. The Morgan fingerprint density at radius 3 is 2.29 bits per heavy atom. The van der Waals surface area contributed by atoms with Crippen molar-refractivity contribution >= 4 is 35.6 Å². The third kappa shape index (κ3) is 4.29. The van der Waals surface area contributed by atoms with Crippen LogP contribution in [0.5, 0.6) is 5.75 Å². The van der Waals surface area contributed by atoms with Crippen LogP contribution in [0.2, 0.25) is 10.0 Å². The minimum absolute atomic E-state index is 0. The summed E-state index contributed by atoms with van der Waals surface area (Å²) in [5, 5.41) is 12.7. The van der Waals surface area contributed by atoms with Gasteiger partial charge in [-0.25, -0.2) is 0 Å². The van der Waals surface area contributed by atoms with E-state index >= 15 is 0 Å². The molecule has 9 heteroatoms. The first-order valence-electron chi connectivity index (χ1n) is 6.00. The molecular weight excluding hydrogens is 351 g/mol. The number of benzene rings is 1. The maximum absolute atomic E-state index is 13.4. The van der Waals surface area contributed by atoms with Crippen LogP contribution in [-0.2, 0) is 0 Å². The van der Waals surface area contributed by atoms with Crippen LogP contribution in [-0.4, -0.2) is 42.4 Å². The number of piperazine rings is 1. The standard InChI is InChI=1S/C12H13Cl2F3N2O.ClH/c13-7-5-8(10(20)9(14)6-7)11(12(15,16)17)19-3-1-18-2-4-19;/h5-6,11,18,20H,1-4H2;1H/t11-;/m0./s1. The molecule has 1 aliphatic rings. The first-order chi connectivity index (χ1) is 9.30. The molecule has 0 spiro atoms. The first-order valence-corrected chi connectivity index (χ1v) is 6.75. The second kappa shape index (κ2) is 7.24. The van der Waals surface area contributed by atoms with Crippen LogP contribution in [0, 0.1) is 0 Å². The van der Waals surface area contributed by atoms with Crippen molar-refractivity contribution in [3.8, 4) is 5.75 Å². The molecule has 1 aromatic rings. The van der Waals surface area contributed by atoms with Gasteiger partial charge < -0.3 is 10.4 Å². The lowest BCUT2D eigenvalue weighted by Crippen LogP contribution is -2.49. The fourth-order valence-electron chi connectivity index (χ4n) is 2.31. The van der Waals surface area contributed by atoms with E-state index < -0.39 is 18.0 Å². The van der Waals surface area contributed by atoms with E-state index in [4.69, 9.17) is 23.2 Å². The van der Waals surface area contributed by atoms with E-state index in [9.17, 15) is 18.3 Å². The largest absolute Gasteiger partial charge is 0.506 e. The van der Waals surface area contributed by atoms with Crippen LogP contribution in [0.15, 0.2) is 12.1 Å². The van der Waals surface area contributed by atoms with Crippen molar-refractivity contribution in [2.45, 2.75) is 12.2 Å². The Balaban J connectivity index is 0.00000220. The van der Waals surface area contributed by atoms with Crippen molar-refractivity contribution < 1.29 is 18.3 Å². The molecule has 1 atom stereocenters. The normalized spacial score (nSPS) is 18.1. The quantitative estimate of drug-likeness (QED) is 0.840. The van der Waals surface area contributed by atoms with E-state index in [-0.39, 0.29) is 41.1 Å². The summed E-state index contributed by atoms with van der Waals surface area (Å²) >= 11 is 11.5. The van der Waals surface area contributed by atoms with Crippen molar-refractivity contribution in [1.29, 1.82) is 0 Å². The average Bonchev–Trinajstić information content (AvgIpc) is 2.35. The number of rotatable bonds is 2. The molecule has 0 bridgehead atoms. The molecular formula is C12H14Cl3F3N2O. The van der Waals surface area contributed by atoms with Crippen molar-refractivity contribution in [3.05, 3.63) is 27.7 Å². The van der Waals surface area contributed by atoms with E-state index in [1.807, 2.05) is 0 Å². The van der Waals surface area contributed by atoms with Crippen LogP contribution in [0.25, 0.3) is 0 Å². The Hall–Kier alpha value is -0.400. The molecule has 0 aliphatic carbocycles. The van der Waals surface area contributed by atoms with Crippen molar-refractivity contribution in [2.75, 3.05) is 26.2 Å². The lowest BCUT2D eigenvalue weighted by atomic mass is 10.0. The zero-order chi connectivity index (χ0) is 14.9. The molecule has 1 fully saturated rings. The number of phenols is 1. The van der Waals surface area contributed by atoms with E-state index in [1.54, 1.807) is 0 Å². The third-order valence-electron chi connectivity index (χ3n) is 3.18. The summed E-state index contributed by atoms with van der Waals surface area (Å²) in [6.07, 6.45) is -4.52. The monoisotopic (exact) mass is 364 g/mol. The molecule has 0 saturated carbocycles. The van der Waals surface area contributed by atoms with Gasteiger partial charge in [-0.15, -0.1) is 12.4 Å². The van der Waals surface area contributed by atoms with Gasteiger partial charge in [0.15, 0.2) is 0 Å². The first kappa shape index (κ1) is 18.6. The van der Waals surface area contributed by atoms with Gasteiger partial charge >= 0.3 is 6.18 Å². The van der Waals surface area contributed by atoms with E-state index in [0.29, 0.717) is 13.1 Å². The van der Waals surface area contributed by atoms with Gasteiger partial charge in [0.2, 0.25) is 0 Å². The predicted octanol–water partition coefficient (Wildman–Crippen LogP) is 3.63. The van der Waals surface area contributed by atoms with Crippen LogP contribution in [0.3, 0.4) is 0 Å². The summed E-state index contributed by atoms with van der Waals surface area (Å²) in [5.74, 6) is -0.572. The Kier molecular flexibility index (Phi) is 6.43. The number of alkyl halides is 3. The Labute approximate surface area is 136 Å². The summed E-state index contributed by atoms with van der Waals surface area (Å²) in [7, 11) is 0. The van der Waals surface area contributed by atoms with Crippen LogP contribution < -0.4 is 5.32 Å². The molecule has 0 aromatic heterocycles. The molecule has 0 unspecified atom stereocenters. The van der Waals surface area contributed by atoms with Gasteiger partial charge in [-0.1, -0.05) is 23.2 Å². The SMILES string of the molecule is Cl.Oc1c(Cl)cc(Cl)cc1[C@H](N1CCNCC1)C(F)(F)F. The zero-order valence-electron chi connectivity index (χ0n) is 10.8. The average molecular weight is 366 g/mol. The van der Waals surface area contributed by atoms with Crippen LogP contribution in [0.1, 0.15) is 11.6 Å². The molecule has 2 N–H and O–H groups in total. The third-order valence-corrected chi connectivity index (χ3v) is 3.69. The summed E-state index contributed by atoms with van der Waals surface area (Å²) < 4.78 is 40.1. The van der Waals surface area contributed by atoms with Crippen molar-refractivity contribution in [1.82, 2.24) is 10.2 Å². The second-order valence-electron chi connectivity index (χ2n) is 4.56. The van der Waals surface area contributed by atoms with Gasteiger partial charge in [0.1, 0.15) is 11.8 Å². The Bertz CT molecular complexity index is 493. The van der Waals surface area contributed by atoms with Crippen molar-refractivity contribution in [3.63, 3.8) is 0 Å². The Morgan fingerprint density at radius 2 is 1.76 bits per heavy atom. The van der Waals surface area contributed by atoms with Gasteiger partial charge in [-0.2, -0.15) is 13.2 Å². The highest BCUT2D eigenvalue weighted by molar-refractivity contribution is 6.35. The molecule has 1 heterocycles. The molecule has 3 nitrogen and oxygen atoms in total. The summed E-state index contributed by atoms with van der Waals surface area (Å²) in [4.78, 5) is 1.26. The lowest BCUT2D eigenvalue weighted by Gasteiger charge is -2.36. The number of aromatic hydroxyl groups is 1. The van der Waals surface area contributed by atoms with Gasteiger partial charge in [0.25, 0.3) is 0 Å². The van der Waals surface area contributed by atoms with Crippen molar-refractivity contribution in [2.24, 2.45) is 0 Å². The van der Waals surface area contributed by atoms with Gasteiger partial charge in [-0.3, -0.25) is 4.90 Å². The fourth-order valence-corrected chi connectivity index (χ4v) is 2.82. The minimum atomic E-state index is -4.52. The maximum Gasteiger partial charge on any atom is 0.408 e. The van der Waals surface area contributed by atoms with E-state index in [0.717, 1.165) is 6.07 Å². The summed E-state index contributed by atoms with van der Waals surface area (Å²) in [5.41, 5.74) is -0.308. The number of halogens is 6. The molecule has 0 radical (unpaired) electrons. The van der Waals surface area contributed by atoms with Crippen LogP contribution in [0.4, 0.5) is 13.2 Å². The van der Waals surface area contributed by atoms with E-state index in [2.05, 4.69) is 5.32 Å². The topological polar surface area (TPSA) is 35.5 Å². The fraction of sp³-hybridized carbons (Fsp3) is 0.500. The smallest absolute Gasteiger partial charge is 0.408 e. The zero-order valence-corrected chi connectivity index (χ0v) is 13.1. The number of phenolic OH excluding ortho intramolecular Hbond substituents is 1. The highest BCUT2D eigenvalue weighted by Crippen LogP contribution is 2.44. The lowest BCUT2D eigenvalue weighted by molar-refractivity contribution is -0.188. The number of hydrogen-bond donors (Lipinski definition) is 2. The maximum atomic E-state index is 13.4. The minimum Gasteiger partial charge on any atom is -0.506 e. The highest BCUT2D eigenvalue weighted by atomic mass is 35.5. The summed E-state index contributed by atoms with van der Waals surface area (Å²) in [6.45, 7) is 1.38. The molecule has 120 valence electrons. The summed E-state index contributed by atoms with van der Waals surface area (Å²) in [6, 6.07) is 0.414. The number of nitrogens with zero attached hydrogens (tertiary/aromatic N) is 1. The molecule has 2 rings (SSSR count). The van der Waals surface area contributed by atoms with E-state index in [1.165, 1.54) is 11.0 Å². The Morgan fingerprint density at radius 1 is 1.19 bits per heavy atom. The predicted molar refractivity (Wildman–Crippen MR) is 78.6 cm³/mol. The van der Waals surface area contributed by atoms with Gasteiger partial charge in [0, 0.05) is 36.8 Å². The highest BCUT2D eigenvalue weighted by Gasteiger charge is 2.46. The van der Waals surface area contributed by atoms with Gasteiger partial charge in [0.05, 0.1) is 5.02 Å². The van der Waals surface area contributed by atoms with Crippen LogP contribution >= 0.6 is 35.6 Å². The number of hydrogen-bond acceptors (Lipinski definition) is 3. The molecule has 1 aliphatic heterocycles. The van der Waals surface area contributed by atoms with Gasteiger partial charge in [-0.05, 0) is 12.1 Å². The second-order valence-corrected chi connectivity index (χ2v) is 5.40. The number of nitrogens with one attached hydrogen (secondary N) is 1. The molecule has 1 aromatic carbocycles.